The molecule has 0 bridgehead atoms. The summed E-state index contributed by atoms with van der Waals surface area (Å²) in [6.45, 7) is 3.93. The summed E-state index contributed by atoms with van der Waals surface area (Å²) in [6, 6.07) is -0.00875. The molecule has 108 valence electrons. The zero-order valence-corrected chi connectivity index (χ0v) is 13.4. The SMILES string of the molecule is CCN(C1CCCNC1)S(=O)(=O)c1c(Br)nnn1C. The van der Waals surface area contributed by atoms with Gasteiger partial charge in [0, 0.05) is 26.2 Å². The predicted octanol–water partition coefficient (Wildman–Crippen LogP) is 0.340. The average molecular weight is 352 g/mol. The largest absolute Gasteiger partial charge is 0.315 e. The van der Waals surface area contributed by atoms with Crippen LogP contribution in [0.1, 0.15) is 19.8 Å². The van der Waals surface area contributed by atoms with Gasteiger partial charge in [-0.2, -0.15) is 4.31 Å². The fourth-order valence-electron chi connectivity index (χ4n) is 2.41. The van der Waals surface area contributed by atoms with Crippen LogP contribution in [0.2, 0.25) is 0 Å². The fourth-order valence-corrected chi connectivity index (χ4v) is 5.11. The summed E-state index contributed by atoms with van der Waals surface area (Å²) in [5.74, 6) is 0. The van der Waals surface area contributed by atoms with Gasteiger partial charge in [-0.05, 0) is 35.3 Å². The summed E-state index contributed by atoms with van der Waals surface area (Å²) in [6.07, 6.45) is 1.87. The van der Waals surface area contributed by atoms with E-state index in [9.17, 15) is 8.42 Å². The zero-order valence-electron chi connectivity index (χ0n) is 11.0. The molecule has 7 nitrogen and oxygen atoms in total. The highest BCUT2D eigenvalue weighted by atomic mass is 79.9. The van der Waals surface area contributed by atoms with E-state index >= 15 is 0 Å². The normalized spacial score (nSPS) is 20.9. The van der Waals surface area contributed by atoms with Gasteiger partial charge < -0.3 is 5.32 Å². The molecule has 0 saturated carbocycles. The van der Waals surface area contributed by atoms with Crippen molar-refractivity contribution >= 4 is 26.0 Å². The van der Waals surface area contributed by atoms with Crippen molar-refractivity contribution in [3.8, 4) is 0 Å². The highest BCUT2D eigenvalue weighted by molar-refractivity contribution is 9.10. The van der Waals surface area contributed by atoms with Crippen LogP contribution in [0.15, 0.2) is 9.63 Å². The Kier molecular flexibility index (Phi) is 4.59. The number of aromatic nitrogens is 3. The van der Waals surface area contributed by atoms with E-state index in [1.54, 1.807) is 7.05 Å². The monoisotopic (exact) mass is 351 g/mol. The Morgan fingerprint density at radius 3 is 2.79 bits per heavy atom. The lowest BCUT2D eigenvalue weighted by molar-refractivity contribution is 0.273. The van der Waals surface area contributed by atoms with Crippen LogP contribution in [0.4, 0.5) is 0 Å². The predicted molar refractivity (Wildman–Crippen MR) is 74.2 cm³/mol. The first-order valence-electron chi connectivity index (χ1n) is 6.26. The Labute approximate surface area is 121 Å². The van der Waals surface area contributed by atoms with Crippen molar-refractivity contribution in [1.29, 1.82) is 0 Å². The van der Waals surface area contributed by atoms with Crippen LogP contribution in [-0.4, -0.2) is 53.4 Å². The van der Waals surface area contributed by atoms with Gasteiger partial charge in [0.15, 0.2) is 4.60 Å². The summed E-state index contributed by atoms with van der Waals surface area (Å²) in [4.78, 5) is 0. The van der Waals surface area contributed by atoms with Crippen LogP contribution >= 0.6 is 15.9 Å². The van der Waals surface area contributed by atoms with Crippen LogP contribution in [0, 0.1) is 0 Å². The third-order valence-electron chi connectivity index (χ3n) is 3.28. The molecule has 1 unspecified atom stereocenters. The molecule has 1 aromatic rings. The molecule has 19 heavy (non-hydrogen) atoms. The van der Waals surface area contributed by atoms with Crippen LogP contribution < -0.4 is 5.32 Å². The molecule has 0 spiro atoms. The van der Waals surface area contributed by atoms with Crippen molar-refractivity contribution in [2.75, 3.05) is 19.6 Å². The molecule has 0 aliphatic carbocycles. The van der Waals surface area contributed by atoms with Gasteiger partial charge in [0.05, 0.1) is 0 Å². The van der Waals surface area contributed by atoms with Gasteiger partial charge in [0.25, 0.3) is 10.0 Å². The van der Waals surface area contributed by atoms with Crippen LogP contribution in [0.25, 0.3) is 0 Å². The van der Waals surface area contributed by atoms with Gasteiger partial charge in [-0.1, -0.05) is 12.1 Å². The van der Waals surface area contributed by atoms with E-state index in [1.165, 1.54) is 8.99 Å². The number of rotatable bonds is 4. The molecule has 2 heterocycles. The standard InChI is InChI=1S/C10H18BrN5O2S/c1-3-16(8-5-4-6-12-7-8)19(17,18)10-9(11)13-14-15(10)2/h8,12H,3-7H2,1-2H3. The molecule has 1 aliphatic heterocycles. The highest BCUT2D eigenvalue weighted by Gasteiger charge is 2.35. The number of sulfonamides is 1. The Morgan fingerprint density at radius 1 is 1.58 bits per heavy atom. The van der Waals surface area contributed by atoms with Crippen LogP contribution in [0.5, 0.6) is 0 Å². The van der Waals surface area contributed by atoms with Crippen molar-refractivity contribution < 1.29 is 8.42 Å². The van der Waals surface area contributed by atoms with Crippen molar-refractivity contribution in [1.82, 2.24) is 24.6 Å². The van der Waals surface area contributed by atoms with Crippen molar-refractivity contribution in [2.24, 2.45) is 7.05 Å². The van der Waals surface area contributed by atoms with Crippen molar-refractivity contribution in [2.45, 2.75) is 30.8 Å². The molecule has 1 aromatic heterocycles. The van der Waals surface area contributed by atoms with Crippen LogP contribution in [-0.2, 0) is 17.1 Å². The average Bonchev–Trinajstić information content (AvgIpc) is 2.71. The van der Waals surface area contributed by atoms with Gasteiger partial charge in [-0.3, -0.25) is 0 Å². The molecular formula is C10H18BrN5O2S. The lowest BCUT2D eigenvalue weighted by atomic mass is 10.1. The van der Waals surface area contributed by atoms with Crippen molar-refractivity contribution in [3.05, 3.63) is 4.60 Å². The zero-order chi connectivity index (χ0) is 14.0. The first kappa shape index (κ1) is 14.9. The van der Waals surface area contributed by atoms with E-state index < -0.39 is 10.0 Å². The van der Waals surface area contributed by atoms with Crippen molar-refractivity contribution in [3.63, 3.8) is 0 Å². The van der Waals surface area contributed by atoms with E-state index in [0.29, 0.717) is 13.1 Å². The molecule has 1 aliphatic rings. The summed E-state index contributed by atoms with van der Waals surface area (Å²) >= 11 is 3.16. The maximum Gasteiger partial charge on any atom is 0.263 e. The van der Waals surface area contributed by atoms with Gasteiger partial charge in [0.1, 0.15) is 0 Å². The molecule has 0 radical (unpaired) electrons. The Balaban J connectivity index is 2.36. The Morgan fingerprint density at radius 2 is 2.32 bits per heavy atom. The molecule has 1 atom stereocenters. The summed E-state index contributed by atoms with van der Waals surface area (Å²) in [5, 5.41) is 10.8. The number of nitrogens with one attached hydrogen (secondary N) is 1. The smallest absolute Gasteiger partial charge is 0.263 e. The number of aryl methyl sites for hydroxylation is 1. The lowest BCUT2D eigenvalue weighted by Crippen LogP contribution is -2.48. The summed E-state index contributed by atoms with van der Waals surface area (Å²) in [5.41, 5.74) is 0. The van der Waals surface area contributed by atoms with Crippen LogP contribution in [0.3, 0.4) is 0 Å². The molecular weight excluding hydrogens is 334 g/mol. The summed E-state index contributed by atoms with van der Waals surface area (Å²) < 4.78 is 28.5. The first-order chi connectivity index (χ1) is 8.98. The minimum absolute atomic E-state index is 0.00875. The number of halogens is 1. The van der Waals surface area contributed by atoms with Gasteiger partial charge in [-0.25, -0.2) is 13.1 Å². The van der Waals surface area contributed by atoms with E-state index in [-0.39, 0.29) is 15.7 Å². The van der Waals surface area contributed by atoms with E-state index in [4.69, 9.17) is 0 Å². The summed E-state index contributed by atoms with van der Waals surface area (Å²) in [7, 11) is -2.00. The lowest BCUT2D eigenvalue weighted by Gasteiger charge is -2.32. The fraction of sp³-hybridized carbons (Fsp3) is 0.800. The molecule has 2 rings (SSSR count). The maximum atomic E-state index is 12.7. The quantitative estimate of drug-likeness (QED) is 0.845. The molecule has 1 fully saturated rings. The maximum absolute atomic E-state index is 12.7. The Bertz CT molecular complexity index is 519. The van der Waals surface area contributed by atoms with Gasteiger partial charge in [-0.15, -0.1) is 5.10 Å². The second kappa shape index (κ2) is 5.86. The molecule has 9 heteroatoms. The van der Waals surface area contributed by atoms with E-state index in [0.717, 1.165) is 19.4 Å². The molecule has 1 N–H and O–H groups in total. The molecule has 0 amide bonds. The number of piperidine rings is 1. The number of nitrogens with zero attached hydrogens (tertiary/aromatic N) is 4. The third kappa shape index (κ3) is 2.83. The molecule has 1 saturated heterocycles. The number of hydrogen-bond acceptors (Lipinski definition) is 5. The number of likely N-dealkylation sites (N-methyl/N-ethyl adjacent to an activating group) is 1. The van der Waals surface area contributed by atoms with E-state index in [1.807, 2.05) is 6.92 Å². The minimum atomic E-state index is -3.58. The molecule has 0 aromatic carbocycles. The topological polar surface area (TPSA) is 80.1 Å². The third-order valence-corrected chi connectivity index (χ3v) is 6.20. The first-order valence-corrected chi connectivity index (χ1v) is 8.49. The minimum Gasteiger partial charge on any atom is -0.315 e. The second-order valence-corrected chi connectivity index (χ2v) is 7.07. The Hall–Kier alpha value is -0.510. The van der Waals surface area contributed by atoms with E-state index in [2.05, 4.69) is 31.6 Å². The van der Waals surface area contributed by atoms with Gasteiger partial charge in [0.2, 0.25) is 5.03 Å². The van der Waals surface area contributed by atoms with Gasteiger partial charge >= 0.3 is 0 Å². The number of hydrogen-bond donors (Lipinski definition) is 1. The second-order valence-electron chi connectivity index (χ2n) is 4.52. The highest BCUT2D eigenvalue weighted by Crippen LogP contribution is 2.25.